The van der Waals surface area contributed by atoms with E-state index in [1.54, 1.807) is 10.9 Å². The van der Waals surface area contributed by atoms with Crippen LogP contribution >= 0.6 is 23.4 Å². The van der Waals surface area contributed by atoms with Gasteiger partial charge >= 0.3 is 6.61 Å². The zero-order chi connectivity index (χ0) is 20.1. The minimum absolute atomic E-state index is 0.00934. The zero-order valence-electron chi connectivity index (χ0n) is 14.4. The molecule has 0 radical (unpaired) electrons. The molecular formula is C16H14ClF2N5O3S. The molecule has 2 heterocycles. The second-order valence-electron chi connectivity index (χ2n) is 5.48. The van der Waals surface area contributed by atoms with E-state index < -0.39 is 6.61 Å². The summed E-state index contributed by atoms with van der Waals surface area (Å²) in [4.78, 5) is 12.0. The lowest BCUT2D eigenvalue weighted by Crippen LogP contribution is -2.14. The Balaban J connectivity index is 1.50. The third kappa shape index (κ3) is 5.67. The van der Waals surface area contributed by atoms with Crippen LogP contribution in [0.5, 0.6) is 5.75 Å². The van der Waals surface area contributed by atoms with Crippen LogP contribution in [0, 0.1) is 6.92 Å². The van der Waals surface area contributed by atoms with Crippen molar-refractivity contribution in [3.63, 3.8) is 0 Å². The van der Waals surface area contributed by atoms with E-state index in [4.69, 9.17) is 16.0 Å². The van der Waals surface area contributed by atoms with Crippen LogP contribution in [0.1, 0.15) is 11.6 Å². The van der Waals surface area contributed by atoms with E-state index in [2.05, 4.69) is 25.3 Å². The number of thioether (sulfide) groups is 1. The van der Waals surface area contributed by atoms with Crippen LogP contribution in [0.2, 0.25) is 5.02 Å². The number of hydrogen-bond donors (Lipinski definition) is 1. The molecule has 3 rings (SSSR count). The number of amides is 1. The molecule has 0 aliphatic rings. The lowest BCUT2D eigenvalue weighted by Gasteiger charge is -2.09. The summed E-state index contributed by atoms with van der Waals surface area (Å²) in [6.45, 7) is -0.776. The van der Waals surface area contributed by atoms with Gasteiger partial charge in [-0.05, 0) is 31.2 Å². The number of alkyl halides is 2. The predicted molar refractivity (Wildman–Crippen MR) is 97.8 cm³/mol. The molecule has 0 aliphatic carbocycles. The number of carbonyl (C=O) groups is 1. The van der Waals surface area contributed by atoms with Crippen molar-refractivity contribution < 1.29 is 22.7 Å². The zero-order valence-corrected chi connectivity index (χ0v) is 16.0. The summed E-state index contributed by atoms with van der Waals surface area (Å²) in [6, 6.07) is 5.83. The van der Waals surface area contributed by atoms with Gasteiger partial charge in [-0.15, -0.1) is 10.2 Å². The van der Waals surface area contributed by atoms with Crippen molar-refractivity contribution in [3.8, 4) is 5.75 Å². The Morgan fingerprint density at radius 3 is 2.89 bits per heavy atom. The second kappa shape index (κ2) is 9.02. The first kappa shape index (κ1) is 20.1. The molecule has 0 fully saturated rings. The molecule has 3 aromatic rings. The van der Waals surface area contributed by atoms with Crippen LogP contribution in [0.15, 0.2) is 40.1 Å². The number of benzene rings is 1. The first-order valence-corrected chi connectivity index (χ1v) is 9.25. The summed E-state index contributed by atoms with van der Waals surface area (Å²) in [5.74, 6) is -0.150. The molecule has 0 spiro atoms. The molecule has 148 valence electrons. The molecular weight excluding hydrogens is 416 g/mol. The molecule has 12 heteroatoms. The van der Waals surface area contributed by atoms with Gasteiger partial charge in [0.15, 0.2) is 0 Å². The third-order valence-electron chi connectivity index (χ3n) is 3.28. The lowest BCUT2D eigenvalue weighted by atomic mass is 10.3. The molecule has 0 saturated heterocycles. The number of rotatable bonds is 8. The largest absolute Gasteiger partial charge is 0.433 e. The standard InChI is InChI=1S/C16H14ClF2N5O3S/c1-9-4-5-24(23-9)7-14-21-22-16(27-14)28-8-13(25)20-10-2-3-12(11(17)6-10)26-15(18)19/h2-6,15H,7-8H2,1H3,(H,20,25). The first-order valence-electron chi connectivity index (χ1n) is 7.88. The second-order valence-corrected chi connectivity index (χ2v) is 6.81. The fourth-order valence-corrected chi connectivity index (χ4v) is 2.95. The average Bonchev–Trinajstić information content (AvgIpc) is 3.24. The smallest absolute Gasteiger partial charge is 0.387 e. The number of carbonyl (C=O) groups excluding carboxylic acids is 1. The van der Waals surface area contributed by atoms with Crippen LogP contribution in [0.3, 0.4) is 0 Å². The Morgan fingerprint density at radius 2 is 2.21 bits per heavy atom. The SMILES string of the molecule is Cc1ccn(Cc2nnc(SCC(=O)Nc3ccc(OC(F)F)c(Cl)c3)o2)n1. The van der Waals surface area contributed by atoms with Gasteiger partial charge in [0, 0.05) is 11.9 Å². The highest BCUT2D eigenvalue weighted by Crippen LogP contribution is 2.29. The maximum Gasteiger partial charge on any atom is 0.387 e. The maximum absolute atomic E-state index is 12.2. The Morgan fingerprint density at radius 1 is 1.39 bits per heavy atom. The van der Waals surface area contributed by atoms with Gasteiger partial charge in [0.25, 0.3) is 5.22 Å². The highest BCUT2D eigenvalue weighted by molar-refractivity contribution is 7.99. The monoisotopic (exact) mass is 429 g/mol. The summed E-state index contributed by atoms with van der Waals surface area (Å²) < 4.78 is 35.8. The first-order chi connectivity index (χ1) is 13.4. The van der Waals surface area contributed by atoms with Crippen molar-refractivity contribution in [2.45, 2.75) is 25.3 Å². The summed E-state index contributed by atoms with van der Waals surface area (Å²) in [5, 5.41) is 14.8. The quantitative estimate of drug-likeness (QED) is 0.546. The number of nitrogens with one attached hydrogen (secondary N) is 1. The Kier molecular flexibility index (Phi) is 6.47. The number of anilines is 1. The molecule has 0 saturated carbocycles. The summed E-state index contributed by atoms with van der Waals surface area (Å²) in [7, 11) is 0. The van der Waals surface area contributed by atoms with Crippen molar-refractivity contribution in [2.75, 3.05) is 11.1 Å². The molecule has 0 unspecified atom stereocenters. The maximum atomic E-state index is 12.2. The summed E-state index contributed by atoms with van der Waals surface area (Å²) in [5.41, 5.74) is 1.22. The van der Waals surface area contributed by atoms with Crippen molar-refractivity contribution >= 4 is 35.0 Å². The number of nitrogens with zero attached hydrogens (tertiary/aromatic N) is 4. The normalized spacial score (nSPS) is 11.0. The minimum atomic E-state index is -2.98. The van der Waals surface area contributed by atoms with Gasteiger partial charge in [0.1, 0.15) is 12.3 Å². The Labute approximate surface area is 167 Å². The number of aryl methyl sites for hydroxylation is 1. The van der Waals surface area contributed by atoms with Crippen molar-refractivity contribution in [1.82, 2.24) is 20.0 Å². The summed E-state index contributed by atoms with van der Waals surface area (Å²) in [6.07, 6.45) is 1.79. The molecule has 1 amide bonds. The van der Waals surface area contributed by atoms with Crippen LogP contribution in [-0.2, 0) is 11.3 Å². The van der Waals surface area contributed by atoms with Crippen molar-refractivity contribution in [3.05, 3.63) is 47.1 Å². The molecule has 0 bridgehead atoms. The van der Waals surface area contributed by atoms with E-state index >= 15 is 0 Å². The molecule has 0 atom stereocenters. The third-order valence-corrected chi connectivity index (χ3v) is 4.39. The van der Waals surface area contributed by atoms with Gasteiger partial charge in [-0.2, -0.15) is 13.9 Å². The number of ether oxygens (including phenoxy) is 1. The van der Waals surface area contributed by atoms with E-state index in [-0.39, 0.29) is 27.7 Å². The summed E-state index contributed by atoms with van der Waals surface area (Å²) >= 11 is 6.91. The molecule has 28 heavy (non-hydrogen) atoms. The molecule has 1 aromatic carbocycles. The topological polar surface area (TPSA) is 95.1 Å². The van der Waals surface area contributed by atoms with Crippen LogP contribution in [0.25, 0.3) is 0 Å². The van der Waals surface area contributed by atoms with E-state index in [9.17, 15) is 13.6 Å². The van der Waals surface area contributed by atoms with Crippen LogP contribution in [0.4, 0.5) is 14.5 Å². The number of halogens is 3. The van der Waals surface area contributed by atoms with Crippen LogP contribution < -0.4 is 10.1 Å². The fraction of sp³-hybridized carbons (Fsp3) is 0.250. The molecule has 1 N–H and O–H groups in total. The van der Waals surface area contributed by atoms with Crippen molar-refractivity contribution in [2.24, 2.45) is 0 Å². The van der Waals surface area contributed by atoms with Crippen LogP contribution in [-0.4, -0.2) is 38.2 Å². The lowest BCUT2D eigenvalue weighted by molar-refractivity contribution is -0.113. The van der Waals surface area contributed by atoms with Gasteiger partial charge in [0.05, 0.1) is 16.5 Å². The number of aromatic nitrogens is 4. The van der Waals surface area contributed by atoms with E-state index in [1.165, 1.54) is 18.2 Å². The van der Waals surface area contributed by atoms with E-state index in [0.717, 1.165) is 17.5 Å². The highest BCUT2D eigenvalue weighted by Gasteiger charge is 2.13. The van der Waals surface area contributed by atoms with Gasteiger partial charge in [-0.1, -0.05) is 23.4 Å². The van der Waals surface area contributed by atoms with Gasteiger partial charge in [0.2, 0.25) is 11.8 Å². The molecule has 8 nitrogen and oxygen atoms in total. The average molecular weight is 430 g/mol. The van der Waals surface area contributed by atoms with E-state index in [1.807, 2.05) is 13.0 Å². The van der Waals surface area contributed by atoms with Crippen molar-refractivity contribution in [1.29, 1.82) is 0 Å². The number of hydrogen-bond acceptors (Lipinski definition) is 7. The predicted octanol–water partition coefficient (Wildman–Crippen LogP) is 3.61. The van der Waals surface area contributed by atoms with Gasteiger partial charge in [-0.25, -0.2) is 0 Å². The van der Waals surface area contributed by atoms with Gasteiger partial charge < -0.3 is 14.5 Å². The van der Waals surface area contributed by atoms with Gasteiger partial charge in [-0.3, -0.25) is 9.48 Å². The Bertz CT molecular complexity index is 965. The Hall–Kier alpha value is -2.66. The van der Waals surface area contributed by atoms with E-state index in [0.29, 0.717) is 18.1 Å². The minimum Gasteiger partial charge on any atom is -0.433 e. The fourth-order valence-electron chi connectivity index (χ4n) is 2.14. The molecule has 2 aromatic heterocycles. The molecule has 0 aliphatic heterocycles. The highest BCUT2D eigenvalue weighted by atomic mass is 35.5.